The monoisotopic (exact) mass is 184 g/mol. The molecule has 0 saturated heterocycles. The number of nitrogens with one attached hydrogen (secondary N) is 1. The molecule has 0 heterocycles. The molecular formula is C11H24N2. The van der Waals surface area contributed by atoms with Crippen LogP contribution < -0.4 is 11.1 Å². The second-order valence-electron chi connectivity index (χ2n) is 4.20. The molecule has 0 unspecified atom stereocenters. The topological polar surface area (TPSA) is 38.0 Å². The van der Waals surface area contributed by atoms with Crippen LogP contribution in [0, 0.1) is 5.92 Å². The summed E-state index contributed by atoms with van der Waals surface area (Å²) in [6.07, 6.45) is 10.1. The number of nitrogens with two attached hydrogens (primary N) is 1. The van der Waals surface area contributed by atoms with E-state index in [0.29, 0.717) is 0 Å². The van der Waals surface area contributed by atoms with Gasteiger partial charge in [0.05, 0.1) is 0 Å². The summed E-state index contributed by atoms with van der Waals surface area (Å²) in [6.45, 7) is 2.94. The highest BCUT2D eigenvalue weighted by Crippen LogP contribution is 2.21. The SMILES string of the molecule is NCCNCC1CCCCCCC1. The molecule has 0 bridgehead atoms. The van der Waals surface area contributed by atoms with Crippen molar-refractivity contribution >= 4 is 0 Å². The fourth-order valence-electron chi connectivity index (χ4n) is 2.15. The minimum atomic E-state index is 0.771. The van der Waals surface area contributed by atoms with Crippen molar-refractivity contribution in [2.75, 3.05) is 19.6 Å². The first-order chi connectivity index (χ1) is 6.43. The molecule has 0 radical (unpaired) electrons. The molecule has 0 aromatic heterocycles. The van der Waals surface area contributed by atoms with Gasteiger partial charge in [-0.05, 0) is 25.3 Å². The Morgan fingerprint density at radius 1 is 1.00 bits per heavy atom. The first kappa shape index (κ1) is 11.0. The Kier molecular flexibility index (Phi) is 6.21. The van der Waals surface area contributed by atoms with E-state index in [2.05, 4.69) is 5.32 Å². The van der Waals surface area contributed by atoms with Crippen LogP contribution in [-0.2, 0) is 0 Å². The molecule has 1 aliphatic rings. The Morgan fingerprint density at radius 3 is 2.23 bits per heavy atom. The maximum absolute atomic E-state index is 5.44. The molecule has 13 heavy (non-hydrogen) atoms. The summed E-state index contributed by atoms with van der Waals surface area (Å²) in [5.41, 5.74) is 5.44. The van der Waals surface area contributed by atoms with E-state index in [1.807, 2.05) is 0 Å². The Balaban J connectivity index is 2.06. The minimum absolute atomic E-state index is 0.771. The van der Waals surface area contributed by atoms with Crippen LogP contribution in [0.4, 0.5) is 0 Å². The molecule has 3 N–H and O–H groups in total. The summed E-state index contributed by atoms with van der Waals surface area (Å²) in [6, 6.07) is 0. The lowest BCUT2D eigenvalue weighted by Gasteiger charge is -2.19. The highest BCUT2D eigenvalue weighted by molar-refractivity contribution is 4.66. The zero-order valence-corrected chi connectivity index (χ0v) is 8.73. The van der Waals surface area contributed by atoms with E-state index in [0.717, 1.165) is 19.0 Å². The van der Waals surface area contributed by atoms with Crippen LogP contribution in [0.5, 0.6) is 0 Å². The molecule has 1 rings (SSSR count). The fraction of sp³-hybridized carbons (Fsp3) is 1.00. The number of hydrogen-bond acceptors (Lipinski definition) is 2. The molecule has 0 aliphatic heterocycles. The molecule has 0 atom stereocenters. The first-order valence-corrected chi connectivity index (χ1v) is 5.84. The third-order valence-electron chi connectivity index (χ3n) is 2.98. The normalized spacial score (nSPS) is 21.0. The van der Waals surface area contributed by atoms with Crippen molar-refractivity contribution in [2.24, 2.45) is 11.7 Å². The lowest BCUT2D eigenvalue weighted by Crippen LogP contribution is -2.28. The van der Waals surface area contributed by atoms with Crippen LogP contribution in [0.3, 0.4) is 0 Å². The number of rotatable bonds is 4. The predicted molar refractivity (Wildman–Crippen MR) is 57.7 cm³/mol. The van der Waals surface area contributed by atoms with Crippen molar-refractivity contribution < 1.29 is 0 Å². The van der Waals surface area contributed by atoms with Crippen LogP contribution >= 0.6 is 0 Å². The van der Waals surface area contributed by atoms with Crippen LogP contribution in [0.2, 0.25) is 0 Å². The zero-order valence-electron chi connectivity index (χ0n) is 8.73. The van der Waals surface area contributed by atoms with E-state index in [1.165, 1.54) is 51.5 Å². The standard InChI is InChI=1S/C11H24N2/c12-8-9-13-10-11-6-4-2-1-3-5-7-11/h11,13H,1-10,12H2. The molecular weight excluding hydrogens is 160 g/mol. The van der Waals surface area contributed by atoms with Gasteiger partial charge in [0.15, 0.2) is 0 Å². The molecule has 2 nitrogen and oxygen atoms in total. The van der Waals surface area contributed by atoms with Gasteiger partial charge in [-0.2, -0.15) is 0 Å². The van der Waals surface area contributed by atoms with E-state index in [-0.39, 0.29) is 0 Å². The maximum atomic E-state index is 5.44. The Bertz CT molecular complexity index is 107. The summed E-state index contributed by atoms with van der Waals surface area (Å²) in [7, 11) is 0. The summed E-state index contributed by atoms with van der Waals surface area (Å²) >= 11 is 0. The summed E-state index contributed by atoms with van der Waals surface area (Å²) < 4.78 is 0. The van der Waals surface area contributed by atoms with Crippen LogP contribution in [0.1, 0.15) is 44.9 Å². The van der Waals surface area contributed by atoms with Crippen LogP contribution in [-0.4, -0.2) is 19.6 Å². The van der Waals surface area contributed by atoms with Crippen molar-refractivity contribution in [2.45, 2.75) is 44.9 Å². The predicted octanol–water partition coefficient (Wildman–Crippen LogP) is 1.90. The van der Waals surface area contributed by atoms with E-state index in [4.69, 9.17) is 5.73 Å². The van der Waals surface area contributed by atoms with Crippen molar-refractivity contribution in [3.63, 3.8) is 0 Å². The molecule has 1 aliphatic carbocycles. The fourth-order valence-corrected chi connectivity index (χ4v) is 2.15. The average Bonchev–Trinajstić information content (AvgIpc) is 2.08. The molecule has 0 spiro atoms. The summed E-state index contributed by atoms with van der Waals surface area (Å²) in [5, 5.41) is 3.43. The Morgan fingerprint density at radius 2 is 1.62 bits per heavy atom. The van der Waals surface area contributed by atoms with E-state index in [9.17, 15) is 0 Å². The van der Waals surface area contributed by atoms with Gasteiger partial charge < -0.3 is 11.1 Å². The first-order valence-electron chi connectivity index (χ1n) is 5.84. The second-order valence-corrected chi connectivity index (χ2v) is 4.20. The van der Waals surface area contributed by atoms with E-state index in [1.54, 1.807) is 0 Å². The van der Waals surface area contributed by atoms with Crippen molar-refractivity contribution in [3.8, 4) is 0 Å². The highest BCUT2D eigenvalue weighted by atomic mass is 14.9. The molecule has 1 saturated carbocycles. The Labute approximate surface area is 82.3 Å². The highest BCUT2D eigenvalue weighted by Gasteiger charge is 2.10. The van der Waals surface area contributed by atoms with Gasteiger partial charge in [-0.15, -0.1) is 0 Å². The van der Waals surface area contributed by atoms with Gasteiger partial charge >= 0.3 is 0 Å². The van der Waals surface area contributed by atoms with Crippen molar-refractivity contribution in [1.82, 2.24) is 5.32 Å². The number of hydrogen-bond donors (Lipinski definition) is 2. The van der Waals surface area contributed by atoms with Gasteiger partial charge in [0.2, 0.25) is 0 Å². The summed E-state index contributed by atoms with van der Waals surface area (Å²) in [5.74, 6) is 0.923. The Hall–Kier alpha value is -0.0800. The third kappa shape index (κ3) is 5.27. The van der Waals surface area contributed by atoms with Gasteiger partial charge in [0.1, 0.15) is 0 Å². The van der Waals surface area contributed by atoms with E-state index < -0.39 is 0 Å². The molecule has 78 valence electrons. The van der Waals surface area contributed by atoms with Gasteiger partial charge in [-0.3, -0.25) is 0 Å². The summed E-state index contributed by atoms with van der Waals surface area (Å²) in [4.78, 5) is 0. The quantitative estimate of drug-likeness (QED) is 0.655. The lowest BCUT2D eigenvalue weighted by atomic mass is 9.91. The minimum Gasteiger partial charge on any atom is -0.329 e. The van der Waals surface area contributed by atoms with Gasteiger partial charge in [0, 0.05) is 13.1 Å². The maximum Gasteiger partial charge on any atom is 0.00746 e. The molecule has 0 amide bonds. The van der Waals surface area contributed by atoms with Gasteiger partial charge in [0.25, 0.3) is 0 Å². The smallest absolute Gasteiger partial charge is 0.00746 e. The van der Waals surface area contributed by atoms with E-state index >= 15 is 0 Å². The molecule has 2 heteroatoms. The molecule has 0 aromatic rings. The lowest BCUT2D eigenvalue weighted by molar-refractivity contribution is 0.363. The van der Waals surface area contributed by atoms with Crippen molar-refractivity contribution in [1.29, 1.82) is 0 Å². The molecule has 0 aromatic carbocycles. The zero-order chi connectivity index (χ0) is 9.36. The molecule has 1 fully saturated rings. The van der Waals surface area contributed by atoms with Crippen LogP contribution in [0.25, 0.3) is 0 Å². The average molecular weight is 184 g/mol. The van der Waals surface area contributed by atoms with Gasteiger partial charge in [-0.25, -0.2) is 0 Å². The largest absolute Gasteiger partial charge is 0.329 e. The van der Waals surface area contributed by atoms with Crippen LogP contribution in [0.15, 0.2) is 0 Å². The third-order valence-corrected chi connectivity index (χ3v) is 2.98. The second kappa shape index (κ2) is 7.34. The van der Waals surface area contributed by atoms with Gasteiger partial charge in [-0.1, -0.05) is 32.1 Å². The van der Waals surface area contributed by atoms with Crippen molar-refractivity contribution in [3.05, 3.63) is 0 Å².